The minimum atomic E-state index is -1.20. The Morgan fingerprint density at radius 2 is 1.52 bits per heavy atom. The molecule has 0 aromatic heterocycles. The Morgan fingerprint density at radius 3 is 2.18 bits per heavy atom. The van der Waals surface area contributed by atoms with Gasteiger partial charge in [-0.05, 0) is 70.4 Å². The summed E-state index contributed by atoms with van der Waals surface area (Å²) in [5, 5.41) is 31.4. The van der Waals surface area contributed by atoms with Crippen LogP contribution in [-0.2, 0) is 11.3 Å². The van der Waals surface area contributed by atoms with Crippen LogP contribution in [0.25, 0.3) is 10.8 Å². The monoisotopic (exact) mass is 446 g/mol. The number of aliphatic hydroxyl groups is 1. The number of ether oxygens (including phenoxy) is 1. The molecule has 0 heterocycles. The summed E-state index contributed by atoms with van der Waals surface area (Å²) >= 11 is 0. The predicted molar refractivity (Wildman–Crippen MR) is 119 cm³/mol. The van der Waals surface area contributed by atoms with Crippen molar-refractivity contribution in [3.05, 3.63) is 112 Å². The van der Waals surface area contributed by atoms with Crippen LogP contribution in [0.2, 0.25) is 0 Å². The van der Waals surface area contributed by atoms with Crippen LogP contribution in [0.4, 0.5) is 4.39 Å². The van der Waals surface area contributed by atoms with Crippen molar-refractivity contribution in [1.29, 1.82) is 0 Å². The molecular weight excluding hydrogens is 427 g/mol. The number of carbonyl (C=O) groups is 2. The first-order chi connectivity index (χ1) is 15.8. The number of hydrogen-bond acceptors (Lipinski definition) is 5. The minimum absolute atomic E-state index is 0.0109. The third-order valence-corrected chi connectivity index (χ3v) is 5.27. The van der Waals surface area contributed by atoms with Gasteiger partial charge < -0.3 is 20.1 Å². The summed E-state index contributed by atoms with van der Waals surface area (Å²) < 4.78 is 18.3. The Hall–Kier alpha value is -4.23. The molecule has 0 aliphatic carbocycles. The fourth-order valence-corrected chi connectivity index (χ4v) is 3.45. The first-order valence-electron chi connectivity index (χ1n) is 10.0. The van der Waals surface area contributed by atoms with Crippen LogP contribution in [0.1, 0.15) is 43.5 Å². The van der Waals surface area contributed by atoms with Crippen molar-refractivity contribution in [3.8, 4) is 5.75 Å². The van der Waals surface area contributed by atoms with E-state index in [0.717, 1.165) is 0 Å². The molecule has 0 spiro atoms. The number of aliphatic hydroxyl groups excluding tert-OH is 1. The number of carboxylic acid groups (broad SMARTS) is 1. The van der Waals surface area contributed by atoms with Gasteiger partial charge in [0.2, 0.25) is 0 Å². The van der Waals surface area contributed by atoms with Gasteiger partial charge in [-0.3, -0.25) is 0 Å². The summed E-state index contributed by atoms with van der Waals surface area (Å²) in [6.07, 6.45) is -1.20. The van der Waals surface area contributed by atoms with Crippen molar-refractivity contribution in [3.63, 3.8) is 0 Å². The highest BCUT2D eigenvalue weighted by Gasteiger charge is 2.17. The Labute approximate surface area is 188 Å². The summed E-state index contributed by atoms with van der Waals surface area (Å²) in [7, 11) is 0. The molecule has 4 rings (SSSR count). The number of rotatable bonds is 6. The molecule has 0 fully saturated rings. The van der Waals surface area contributed by atoms with Crippen LogP contribution in [0.15, 0.2) is 78.9 Å². The summed E-state index contributed by atoms with van der Waals surface area (Å²) in [6, 6.07) is 19.2. The van der Waals surface area contributed by atoms with Gasteiger partial charge in [-0.25, -0.2) is 14.0 Å². The molecule has 4 aromatic carbocycles. The van der Waals surface area contributed by atoms with Crippen molar-refractivity contribution in [1.82, 2.24) is 0 Å². The first-order valence-corrected chi connectivity index (χ1v) is 10.0. The zero-order valence-electron chi connectivity index (χ0n) is 17.2. The van der Waals surface area contributed by atoms with Gasteiger partial charge in [-0.15, -0.1) is 0 Å². The molecule has 6 nitrogen and oxygen atoms in total. The number of phenolic OH excluding ortho intramolecular Hbond substituents is 1. The fourth-order valence-electron chi connectivity index (χ4n) is 3.45. The lowest BCUT2D eigenvalue weighted by atomic mass is 9.96. The molecular formula is C26H19FO6. The van der Waals surface area contributed by atoms with E-state index in [1.165, 1.54) is 54.6 Å². The molecule has 33 heavy (non-hydrogen) atoms. The number of benzene rings is 4. The second kappa shape index (κ2) is 9.10. The first kappa shape index (κ1) is 22.0. The van der Waals surface area contributed by atoms with E-state index in [9.17, 15) is 24.2 Å². The fraction of sp³-hybridized carbons (Fsp3) is 0.0769. The zero-order chi connectivity index (χ0) is 23.5. The number of phenols is 1. The predicted octanol–water partition coefficient (Wildman–Crippen LogP) is 4.82. The highest BCUT2D eigenvalue weighted by molar-refractivity contribution is 5.96. The number of halogens is 1. The van der Waals surface area contributed by atoms with E-state index in [1.54, 1.807) is 24.3 Å². The Bertz CT molecular complexity index is 1330. The van der Waals surface area contributed by atoms with E-state index >= 15 is 0 Å². The van der Waals surface area contributed by atoms with Gasteiger partial charge in [-0.2, -0.15) is 0 Å². The summed E-state index contributed by atoms with van der Waals surface area (Å²) in [6.45, 7) is -0.0109. The maximum absolute atomic E-state index is 13.0. The average molecular weight is 446 g/mol. The number of hydrogen-bond donors (Lipinski definition) is 3. The molecule has 7 heteroatoms. The van der Waals surface area contributed by atoms with Crippen LogP contribution in [0, 0.1) is 5.82 Å². The SMILES string of the molecule is O=C(O)c1ccc(C(O)c2cc3cc(C(=O)OCc4ccc(F)cc4)ccc3cc2O)cc1. The molecule has 0 aliphatic heterocycles. The quantitative estimate of drug-likeness (QED) is 0.367. The Kier molecular flexibility index (Phi) is 6.06. The van der Waals surface area contributed by atoms with E-state index in [4.69, 9.17) is 9.84 Å². The van der Waals surface area contributed by atoms with Crippen molar-refractivity contribution in [2.75, 3.05) is 0 Å². The van der Waals surface area contributed by atoms with Gasteiger partial charge in [0.05, 0.1) is 11.1 Å². The molecule has 0 amide bonds. The highest BCUT2D eigenvalue weighted by Crippen LogP contribution is 2.33. The number of esters is 1. The van der Waals surface area contributed by atoms with Crippen molar-refractivity contribution in [2.45, 2.75) is 12.7 Å². The van der Waals surface area contributed by atoms with E-state index in [0.29, 0.717) is 21.9 Å². The molecule has 3 N–H and O–H groups in total. The summed E-state index contributed by atoms with van der Waals surface area (Å²) in [5.74, 6) is -2.16. The average Bonchev–Trinajstić information content (AvgIpc) is 2.82. The van der Waals surface area contributed by atoms with Crippen LogP contribution in [0.5, 0.6) is 5.75 Å². The van der Waals surface area contributed by atoms with E-state index < -0.39 is 18.0 Å². The maximum atomic E-state index is 13.0. The van der Waals surface area contributed by atoms with Gasteiger partial charge in [-0.1, -0.05) is 30.3 Å². The summed E-state index contributed by atoms with van der Waals surface area (Å²) in [4.78, 5) is 23.5. The molecule has 0 bridgehead atoms. The van der Waals surface area contributed by atoms with Gasteiger partial charge >= 0.3 is 11.9 Å². The molecule has 1 atom stereocenters. The molecule has 1 unspecified atom stereocenters. The second-order valence-corrected chi connectivity index (χ2v) is 7.51. The van der Waals surface area contributed by atoms with Gasteiger partial charge in [0.15, 0.2) is 0 Å². The van der Waals surface area contributed by atoms with E-state index in [1.807, 2.05) is 0 Å². The number of aromatic hydroxyl groups is 1. The van der Waals surface area contributed by atoms with Crippen LogP contribution < -0.4 is 0 Å². The number of aromatic carboxylic acids is 1. The second-order valence-electron chi connectivity index (χ2n) is 7.51. The number of carboxylic acids is 1. The Morgan fingerprint density at radius 1 is 0.848 bits per heavy atom. The van der Waals surface area contributed by atoms with Gasteiger partial charge in [0.25, 0.3) is 0 Å². The zero-order valence-corrected chi connectivity index (χ0v) is 17.2. The molecule has 0 saturated heterocycles. The standard InChI is InChI=1S/C26H19FO6/c27-21-9-1-15(2-10-21)14-33-26(32)19-8-7-18-13-23(28)22(12-20(18)11-19)24(29)16-3-5-17(6-4-16)25(30)31/h1-13,24,28-29H,14H2,(H,30,31). The van der Waals surface area contributed by atoms with Crippen molar-refractivity contribution < 1.29 is 34.0 Å². The maximum Gasteiger partial charge on any atom is 0.338 e. The highest BCUT2D eigenvalue weighted by atomic mass is 19.1. The Balaban J connectivity index is 1.58. The topological polar surface area (TPSA) is 104 Å². The van der Waals surface area contributed by atoms with Crippen LogP contribution >= 0.6 is 0 Å². The molecule has 0 saturated carbocycles. The molecule has 0 aliphatic rings. The van der Waals surface area contributed by atoms with Crippen LogP contribution in [-0.4, -0.2) is 27.3 Å². The molecule has 4 aromatic rings. The normalized spacial score (nSPS) is 11.8. The van der Waals surface area contributed by atoms with Crippen molar-refractivity contribution in [2.24, 2.45) is 0 Å². The summed E-state index contributed by atoms with van der Waals surface area (Å²) in [5.41, 5.74) is 1.63. The lowest BCUT2D eigenvalue weighted by Gasteiger charge is -2.15. The number of carbonyl (C=O) groups excluding carboxylic acids is 1. The largest absolute Gasteiger partial charge is 0.508 e. The van der Waals surface area contributed by atoms with Gasteiger partial charge in [0.1, 0.15) is 24.3 Å². The minimum Gasteiger partial charge on any atom is -0.508 e. The van der Waals surface area contributed by atoms with E-state index in [-0.39, 0.29) is 34.9 Å². The van der Waals surface area contributed by atoms with Crippen LogP contribution in [0.3, 0.4) is 0 Å². The van der Waals surface area contributed by atoms with E-state index in [2.05, 4.69) is 0 Å². The molecule has 0 radical (unpaired) electrons. The smallest absolute Gasteiger partial charge is 0.338 e. The third-order valence-electron chi connectivity index (χ3n) is 5.27. The lowest BCUT2D eigenvalue weighted by Crippen LogP contribution is -2.05. The molecule has 166 valence electrons. The number of fused-ring (bicyclic) bond motifs is 1. The van der Waals surface area contributed by atoms with Gasteiger partial charge in [0, 0.05) is 5.56 Å². The lowest BCUT2D eigenvalue weighted by molar-refractivity contribution is 0.0472. The van der Waals surface area contributed by atoms with Crippen molar-refractivity contribution >= 4 is 22.7 Å². The third kappa shape index (κ3) is 4.83.